The first-order chi connectivity index (χ1) is 11.1. The second kappa shape index (κ2) is 11.9. The third kappa shape index (κ3) is 9.88. The number of aliphatic carboxylic acids is 1. The van der Waals surface area contributed by atoms with E-state index in [4.69, 9.17) is 5.11 Å². The molecule has 3 heteroatoms. The lowest BCUT2D eigenvalue weighted by Crippen LogP contribution is -2.04. The van der Waals surface area contributed by atoms with E-state index < -0.39 is 5.97 Å². The Morgan fingerprint density at radius 2 is 1.35 bits per heavy atom. The molecule has 0 radical (unpaired) electrons. The van der Waals surface area contributed by atoms with Gasteiger partial charge in [0.1, 0.15) is 5.78 Å². The summed E-state index contributed by atoms with van der Waals surface area (Å²) in [4.78, 5) is 22.0. The highest BCUT2D eigenvalue weighted by atomic mass is 16.4. The van der Waals surface area contributed by atoms with Crippen molar-refractivity contribution in [3.8, 4) is 0 Å². The first-order valence-electron chi connectivity index (χ1n) is 8.93. The van der Waals surface area contributed by atoms with Crippen LogP contribution in [-0.2, 0) is 22.4 Å². The lowest BCUT2D eigenvalue weighted by molar-refractivity contribution is -0.138. The summed E-state index contributed by atoms with van der Waals surface area (Å²) >= 11 is 0. The highest BCUT2D eigenvalue weighted by Crippen LogP contribution is 2.12. The second-order valence-corrected chi connectivity index (χ2v) is 6.27. The summed E-state index contributed by atoms with van der Waals surface area (Å²) in [5.74, 6) is -0.874. The van der Waals surface area contributed by atoms with Gasteiger partial charge < -0.3 is 5.11 Å². The van der Waals surface area contributed by atoms with Gasteiger partial charge in [-0.3, -0.25) is 9.59 Å². The van der Waals surface area contributed by atoms with Crippen LogP contribution in [0.1, 0.15) is 75.8 Å². The molecule has 0 fully saturated rings. The average molecular weight is 318 g/mol. The van der Waals surface area contributed by atoms with Crippen LogP contribution in [0.4, 0.5) is 0 Å². The van der Waals surface area contributed by atoms with Crippen molar-refractivity contribution in [2.24, 2.45) is 0 Å². The van der Waals surface area contributed by atoms with E-state index in [1.807, 2.05) is 0 Å². The maximum atomic E-state index is 11.6. The summed E-state index contributed by atoms with van der Waals surface area (Å²) in [5, 5.41) is 8.56. The predicted octanol–water partition coefficient (Wildman–Crippen LogP) is 4.96. The summed E-state index contributed by atoms with van der Waals surface area (Å²) in [6.45, 7) is 2.24. The summed E-state index contributed by atoms with van der Waals surface area (Å²) in [6.07, 6.45) is 10.2. The van der Waals surface area contributed by atoms with Gasteiger partial charge in [-0.15, -0.1) is 0 Å². The highest BCUT2D eigenvalue weighted by Gasteiger charge is 2.06. The predicted molar refractivity (Wildman–Crippen MR) is 93.7 cm³/mol. The Kier molecular flexibility index (Phi) is 10.0. The maximum Gasteiger partial charge on any atom is 0.303 e. The molecular formula is C20H30O3. The van der Waals surface area contributed by atoms with E-state index in [-0.39, 0.29) is 18.6 Å². The van der Waals surface area contributed by atoms with Gasteiger partial charge >= 0.3 is 5.97 Å². The zero-order valence-corrected chi connectivity index (χ0v) is 14.4. The van der Waals surface area contributed by atoms with Gasteiger partial charge in [-0.05, 0) is 30.4 Å². The van der Waals surface area contributed by atoms with Crippen molar-refractivity contribution in [1.29, 1.82) is 0 Å². The van der Waals surface area contributed by atoms with Crippen molar-refractivity contribution in [2.45, 2.75) is 77.6 Å². The number of carbonyl (C=O) groups is 2. The molecule has 0 spiro atoms. The van der Waals surface area contributed by atoms with E-state index in [0.717, 1.165) is 12.0 Å². The Labute approximate surface area is 140 Å². The van der Waals surface area contributed by atoms with Gasteiger partial charge in [0.25, 0.3) is 0 Å². The van der Waals surface area contributed by atoms with Gasteiger partial charge in [0.05, 0.1) is 6.42 Å². The highest BCUT2D eigenvalue weighted by molar-refractivity contribution is 5.82. The topological polar surface area (TPSA) is 54.4 Å². The molecule has 0 heterocycles. The Balaban J connectivity index is 2.20. The van der Waals surface area contributed by atoms with Crippen LogP contribution in [0.25, 0.3) is 0 Å². The van der Waals surface area contributed by atoms with Crippen LogP contribution in [-0.4, -0.2) is 16.9 Å². The van der Waals surface area contributed by atoms with Crippen LogP contribution in [0.15, 0.2) is 24.3 Å². The van der Waals surface area contributed by atoms with E-state index in [0.29, 0.717) is 12.8 Å². The van der Waals surface area contributed by atoms with Gasteiger partial charge in [-0.2, -0.15) is 0 Å². The fourth-order valence-corrected chi connectivity index (χ4v) is 2.64. The number of hydrogen-bond donors (Lipinski definition) is 1. The molecule has 23 heavy (non-hydrogen) atoms. The van der Waals surface area contributed by atoms with Crippen LogP contribution in [0.5, 0.6) is 0 Å². The fourth-order valence-electron chi connectivity index (χ4n) is 2.64. The van der Waals surface area contributed by atoms with Crippen LogP contribution in [0, 0.1) is 0 Å². The molecule has 0 saturated heterocycles. The summed E-state index contributed by atoms with van der Waals surface area (Å²) in [6, 6.07) is 8.50. The molecule has 3 nitrogen and oxygen atoms in total. The molecule has 0 aliphatic heterocycles. The molecule has 0 aliphatic carbocycles. The first kappa shape index (κ1) is 19.4. The number of aryl methyl sites for hydroxylation is 2. The van der Waals surface area contributed by atoms with Crippen LogP contribution >= 0.6 is 0 Å². The van der Waals surface area contributed by atoms with Gasteiger partial charge in [-0.25, -0.2) is 0 Å². The van der Waals surface area contributed by atoms with Gasteiger partial charge in [-0.1, -0.05) is 63.3 Å². The number of carbonyl (C=O) groups excluding carboxylic acids is 1. The third-order valence-electron chi connectivity index (χ3n) is 4.15. The average Bonchev–Trinajstić information content (AvgIpc) is 2.55. The quantitative estimate of drug-likeness (QED) is 0.523. The number of carboxylic acids is 1. The Hall–Kier alpha value is -1.64. The Morgan fingerprint density at radius 3 is 1.96 bits per heavy atom. The largest absolute Gasteiger partial charge is 0.481 e. The molecule has 0 atom stereocenters. The van der Waals surface area contributed by atoms with Gasteiger partial charge in [0.15, 0.2) is 0 Å². The molecule has 1 aromatic rings. The fraction of sp³-hybridized carbons (Fsp3) is 0.600. The van der Waals surface area contributed by atoms with E-state index in [2.05, 4.69) is 31.2 Å². The second-order valence-electron chi connectivity index (χ2n) is 6.27. The monoisotopic (exact) mass is 318 g/mol. The number of hydrogen-bond acceptors (Lipinski definition) is 2. The molecule has 1 rings (SSSR count). The Morgan fingerprint density at radius 1 is 0.783 bits per heavy atom. The number of benzene rings is 1. The van der Waals surface area contributed by atoms with Gasteiger partial charge in [0, 0.05) is 12.8 Å². The number of unbranched alkanes of at least 4 members (excludes halogenated alkanes) is 5. The van der Waals surface area contributed by atoms with Crippen molar-refractivity contribution in [2.75, 3.05) is 0 Å². The van der Waals surface area contributed by atoms with E-state index in [9.17, 15) is 9.59 Å². The van der Waals surface area contributed by atoms with Crippen LogP contribution < -0.4 is 0 Å². The van der Waals surface area contributed by atoms with Crippen molar-refractivity contribution in [3.05, 3.63) is 35.4 Å². The van der Waals surface area contributed by atoms with Gasteiger partial charge in [0.2, 0.25) is 0 Å². The molecule has 128 valence electrons. The van der Waals surface area contributed by atoms with Crippen LogP contribution in [0.2, 0.25) is 0 Å². The third-order valence-corrected chi connectivity index (χ3v) is 4.15. The molecular weight excluding hydrogens is 288 g/mol. The molecule has 1 N–H and O–H groups in total. The van der Waals surface area contributed by atoms with Crippen molar-refractivity contribution < 1.29 is 14.7 Å². The van der Waals surface area contributed by atoms with Crippen LogP contribution in [0.3, 0.4) is 0 Å². The number of rotatable bonds is 13. The molecule has 0 saturated carbocycles. The number of ketones is 1. The molecule has 0 aliphatic rings. The van der Waals surface area contributed by atoms with E-state index in [1.54, 1.807) is 0 Å². The number of Topliss-reactive ketones (excluding diaryl/α,β-unsaturated/α-hetero) is 1. The minimum Gasteiger partial charge on any atom is -0.481 e. The maximum absolute atomic E-state index is 11.6. The number of carboxylic acid groups (broad SMARTS) is 1. The standard InChI is InChI=1S/C20H30O3/c1-2-3-4-5-6-7-8-17-9-11-18(12-10-17)13-14-19(21)15-16-20(22)23/h9-12H,2-8,13-16H2,1H3,(H,22,23). The van der Waals surface area contributed by atoms with E-state index >= 15 is 0 Å². The van der Waals surface area contributed by atoms with Crippen molar-refractivity contribution in [3.63, 3.8) is 0 Å². The summed E-state index contributed by atoms with van der Waals surface area (Å²) in [5.41, 5.74) is 2.52. The normalized spacial score (nSPS) is 10.7. The summed E-state index contributed by atoms with van der Waals surface area (Å²) < 4.78 is 0. The Bertz CT molecular complexity index is 462. The van der Waals surface area contributed by atoms with Crippen molar-refractivity contribution in [1.82, 2.24) is 0 Å². The summed E-state index contributed by atoms with van der Waals surface area (Å²) in [7, 11) is 0. The molecule has 1 aromatic carbocycles. The zero-order valence-electron chi connectivity index (χ0n) is 14.4. The van der Waals surface area contributed by atoms with E-state index in [1.165, 1.54) is 44.1 Å². The van der Waals surface area contributed by atoms with Crippen molar-refractivity contribution >= 4 is 11.8 Å². The SMILES string of the molecule is CCCCCCCCc1ccc(CCC(=O)CCC(=O)O)cc1. The molecule has 0 bridgehead atoms. The zero-order chi connectivity index (χ0) is 16.9. The minimum atomic E-state index is -0.905. The first-order valence-corrected chi connectivity index (χ1v) is 8.93. The molecule has 0 unspecified atom stereocenters. The minimum absolute atomic E-state index is 0.0311. The lowest BCUT2D eigenvalue weighted by atomic mass is 10.0. The molecule has 0 aromatic heterocycles. The lowest BCUT2D eigenvalue weighted by Gasteiger charge is -2.05. The smallest absolute Gasteiger partial charge is 0.303 e. The molecule has 0 amide bonds.